The van der Waals surface area contributed by atoms with E-state index < -0.39 is 7.37 Å². The van der Waals surface area contributed by atoms with Gasteiger partial charge in [0, 0.05) is 23.0 Å². The average Bonchev–Trinajstić information content (AvgIpc) is 1.88. The molecule has 0 rings (SSSR count). The zero-order valence-corrected chi connectivity index (χ0v) is 10.6. The summed E-state index contributed by atoms with van der Waals surface area (Å²) in [5, 5.41) is 1.49. The number of halogens is 2. The van der Waals surface area contributed by atoms with Crippen molar-refractivity contribution < 1.29 is 9.09 Å². The first-order chi connectivity index (χ1) is 5.18. The van der Waals surface area contributed by atoms with Crippen molar-refractivity contribution in [3.8, 4) is 0 Å². The van der Waals surface area contributed by atoms with E-state index in [1.165, 1.54) is 0 Å². The van der Waals surface area contributed by atoms with Crippen LogP contribution in [0, 0.1) is 0 Å². The highest BCUT2D eigenvalue weighted by atomic mass is 79.9. The molecule has 0 aliphatic carbocycles. The van der Waals surface area contributed by atoms with Crippen LogP contribution in [0.3, 0.4) is 0 Å². The minimum Gasteiger partial charge on any atom is -0.329 e. The van der Waals surface area contributed by atoms with E-state index in [0.29, 0.717) is 18.9 Å². The second-order valence-electron chi connectivity index (χ2n) is 2.06. The van der Waals surface area contributed by atoms with Crippen LogP contribution in [0.25, 0.3) is 0 Å². The van der Waals surface area contributed by atoms with Crippen molar-refractivity contribution in [1.82, 2.24) is 0 Å². The number of rotatable bonds is 6. The van der Waals surface area contributed by atoms with Crippen molar-refractivity contribution in [1.29, 1.82) is 0 Å². The van der Waals surface area contributed by atoms with Crippen LogP contribution in [0.1, 0.15) is 6.92 Å². The summed E-state index contributed by atoms with van der Waals surface area (Å²) in [5.41, 5.74) is 0. The SMILES string of the molecule is CCOP(=O)(CCBr)CCBr. The smallest absolute Gasteiger partial charge is 0.204 e. The highest BCUT2D eigenvalue weighted by Crippen LogP contribution is 2.46. The number of alkyl halides is 2. The summed E-state index contributed by atoms with van der Waals surface area (Å²) in [4.78, 5) is 0. The average molecular weight is 308 g/mol. The molecule has 0 atom stereocenters. The Balaban J connectivity index is 3.91. The van der Waals surface area contributed by atoms with Gasteiger partial charge in [-0.15, -0.1) is 0 Å². The number of hydrogen-bond donors (Lipinski definition) is 0. The van der Waals surface area contributed by atoms with Crippen LogP contribution in [-0.2, 0) is 9.09 Å². The van der Waals surface area contributed by atoms with Gasteiger partial charge in [0.25, 0.3) is 0 Å². The summed E-state index contributed by atoms with van der Waals surface area (Å²) in [5.74, 6) is 0. The third-order valence-corrected chi connectivity index (χ3v) is 5.77. The van der Waals surface area contributed by atoms with Crippen LogP contribution in [0.5, 0.6) is 0 Å². The molecule has 68 valence electrons. The van der Waals surface area contributed by atoms with Gasteiger partial charge in [0.15, 0.2) is 0 Å². The first-order valence-corrected chi connectivity index (χ1v) is 7.77. The van der Waals surface area contributed by atoms with E-state index in [4.69, 9.17) is 4.52 Å². The minimum atomic E-state index is -2.31. The molecule has 0 spiro atoms. The van der Waals surface area contributed by atoms with Crippen molar-refractivity contribution in [3.63, 3.8) is 0 Å². The molecule has 2 nitrogen and oxygen atoms in total. The Morgan fingerprint density at radius 3 is 2.00 bits per heavy atom. The molecule has 0 aromatic rings. The molecule has 0 unspecified atom stereocenters. The molecule has 11 heavy (non-hydrogen) atoms. The van der Waals surface area contributed by atoms with Crippen molar-refractivity contribution >= 4 is 39.2 Å². The zero-order valence-electron chi connectivity index (χ0n) is 6.56. The third-order valence-electron chi connectivity index (χ3n) is 1.21. The Kier molecular flexibility index (Phi) is 7.34. The summed E-state index contributed by atoms with van der Waals surface area (Å²) in [6, 6.07) is 0. The van der Waals surface area contributed by atoms with Crippen molar-refractivity contribution in [2.45, 2.75) is 6.92 Å². The van der Waals surface area contributed by atoms with Gasteiger partial charge in [-0.05, 0) is 6.92 Å². The Labute approximate surface area is 84.8 Å². The van der Waals surface area contributed by atoms with Crippen LogP contribution in [0.15, 0.2) is 0 Å². The Morgan fingerprint density at radius 1 is 1.27 bits per heavy atom. The quantitative estimate of drug-likeness (QED) is 0.557. The van der Waals surface area contributed by atoms with Crippen LogP contribution in [0.4, 0.5) is 0 Å². The lowest BCUT2D eigenvalue weighted by molar-refractivity contribution is 0.335. The van der Waals surface area contributed by atoms with Gasteiger partial charge in [-0.25, -0.2) is 0 Å². The topological polar surface area (TPSA) is 26.3 Å². The maximum absolute atomic E-state index is 11.7. The molecular weight excluding hydrogens is 295 g/mol. The van der Waals surface area contributed by atoms with Gasteiger partial charge >= 0.3 is 0 Å². The fourth-order valence-corrected chi connectivity index (χ4v) is 5.44. The molecule has 0 radical (unpaired) electrons. The van der Waals surface area contributed by atoms with Crippen molar-refractivity contribution in [2.75, 3.05) is 29.6 Å². The predicted molar refractivity (Wildman–Crippen MR) is 56.6 cm³/mol. The first-order valence-electron chi connectivity index (χ1n) is 3.53. The summed E-state index contributed by atoms with van der Waals surface area (Å²) < 4.78 is 16.9. The lowest BCUT2D eigenvalue weighted by Crippen LogP contribution is -2.01. The maximum Gasteiger partial charge on any atom is 0.204 e. The van der Waals surface area contributed by atoms with E-state index in [-0.39, 0.29) is 0 Å². The molecule has 0 fully saturated rings. The van der Waals surface area contributed by atoms with Gasteiger partial charge < -0.3 is 4.52 Å². The van der Waals surface area contributed by atoms with Crippen molar-refractivity contribution in [3.05, 3.63) is 0 Å². The molecule has 0 bridgehead atoms. The summed E-state index contributed by atoms with van der Waals surface area (Å²) in [6.45, 7) is 2.41. The highest BCUT2D eigenvalue weighted by Gasteiger charge is 2.19. The maximum atomic E-state index is 11.7. The molecule has 0 aliphatic heterocycles. The van der Waals surface area contributed by atoms with Gasteiger partial charge in [-0.3, -0.25) is 4.57 Å². The van der Waals surface area contributed by atoms with E-state index >= 15 is 0 Å². The van der Waals surface area contributed by atoms with Gasteiger partial charge in [0.05, 0.1) is 6.61 Å². The van der Waals surface area contributed by atoms with Gasteiger partial charge in [0.2, 0.25) is 7.37 Å². The lowest BCUT2D eigenvalue weighted by atomic mass is 10.9. The molecular formula is C6H13Br2O2P. The lowest BCUT2D eigenvalue weighted by Gasteiger charge is -2.14. The normalized spacial score (nSPS) is 11.9. The van der Waals surface area contributed by atoms with E-state index in [2.05, 4.69) is 31.9 Å². The first kappa shape index (κ1) is 12.2. The molecule has 5 heteroatoms. The third kappa shape index (κ3) is 5.40. The molecule has 0 aromatic heterocycles. The molecule has 0 heterocycles. The Bertz CT molecular complexity index is 117. The Morgan fingerprint density at radius 2 is 1.73 bits per heavy atom. The monoisotopic (exact) mass is 306 g/mol. The van der Waals surface area contributed by atoms with E-state index in [1.807, 2.05) is 6.92 Å². The van der Waals surface area contributed by atoms with E-state index in [0.717, 1.165) is 10.7 Å². The number of hydrogen-bond acceptors (Lipinski definition) is 2. The standard InChI is InChI=1S/C6H13Br2O2P/c1-2-10-11(9,5-3-7)6-4-8/h2-6H2,1H3. The predicted octanol–water partition coefficient (Wildman–Crippen LogP) is 3.09. The fraction of sp³-hybridized carbons (Fsp3) is 1.00. The fourth-order valence-electron chi connectivity index (χ4n) is 0.734. The Hall–Kier alpha value is 1.15. The van der Waals surface area contributed by atoms with Crippen molar-refractivity contribution in [2.24, 2.45) is 0 Å². The minimum absolute atomic E-state index is 0.539. The molecule has 0 saturated heterocycles. The second-order valence-corrected chi connectivity index (χ2v) is 6.43. The summed E-state index contributed by atoms with van der Waals surface area (Å²) >= 11 is 6.52. The van der Waals surface area contributed by atoms with Crippen LogP contribution >= 0.6 is 39.2 Å². The summed E-state index contributed by atoms with van der Waals surface area (Å²) in [6.07, 6.45) is 1.26. The van der Waals surface area contributed by atoms with Gasteiger partial charge in [-0.2, -0.15) is 0 Å². The van der Waals surface area contributed by atoms with E-state index in [9.17, 15) is 4.57 Å². The molecule has 0 aliphatic rings. The molecule has 0 saturated carbocycles. The molecule has 0 aromatic carbocycles. The molecule has 0 N–H and O–H groups in total. The highest BCUT2D eigenvalue weighted by molar-refractivity contribution is 9.09. The van der Waals surface area contributed by atoms with Crippen LogP contribution in [-0.4, -0.2) is 29.6 Å². The zero-order chi connectivity index (χ0) is 8.74. The molecule has 0 amide bonds. The second kappa shape index (κ2) is 6.64. The van der Waals surface area contributed by atoms with Crippen LogP contribution in [0.2, 0.25) is 0 Å². The van der Waals surface area contributed by atoms with Gasteiger partial charge in [0.1, 0.15) is 0 Å². The van der Waals surface area contributed by atoms with Crippen LogP contribution < -0.4 is 0 Å². The summed E-state index contributed by atoms with van der Waals surface area (Å²) in [7, 11) is -2.31. The van der Waals surface area contributed by atoms with E-state index in [1.54, 1.807) is 0 Å². The largest absolute Gasteiger partial charge is 0.329 e. The van der Waals surface area contributed by atoms with Gasteiger partial charge in [-0.1, -0.05) is 31.9 Å².